The van der Waals surface area contributed by atoms with Gasteiger partial charge in [-0.05, 0) is 61.7 Å². The number of carbonyl (C=O) groups excluding carboxylic acids is 2. The van der Waals surface area contributed by atoms with Gasteiger partial charge in [0, 0.05) is 33.8 Å². The molecule has 0 aromatic heterocycles. The Bertz CT molecular complexity index is 651. The minimum Gasteiger partial charge on any atom is -0.462 e. The molecule has 5 heteroatoms. The van der Waals surface area contributed by atoms with Gasteiger partial charge in [-0.1, -0.05) is 52.6 Å². The predicted octanol–water partition coefficient (Wildman–Crippen LogP) is 5.81. The third kappa shape index (κ3) is 2.84. The molecule has 27 heavy (non-hydrogen) atoms. The second-order valence-corrected chi connectivity index (χ2v) is 12.5. The monoisotopic (exact) mass is 502 g/mol. The maximum atomic E-state index is 12.6. The van der Waals surface area contributed by atoms with Gasteiger partial charge in [-0.2, -0.15) is 0 Å². The quantitative estimate of drug-likeness (QED) is 0.352. The van der Waals surface area contributed by atoms with Crippen LogP contribution in [0.1, 0.15) is 78.6 Å². The highest BCUT2D eigenvalue weighted by atomic mass is 79.9. The number of ether oxygens (including phenoxy) is 1. The smallest absolute Gasteiger partial charge is 0.305 e. The molecule has 152 valence electrons. The van der Waals surface area contributed by atoms with Crippen LogP contribution in [0.2, 0.25) is 0 Å². The number of alkyl halides is 2. The summed E-state index contributed by atoms with van der Waals surface area (Å²) in [5, 5.41) is 0. The average molecular weight is 504 g/mol. The number of esters is 1. The lowest BCUT2D eigenvalue weighted by Gasteiger charge is -2.65. The van der Waals surface area contributed by atoms with Crippen molar-refractivity contribution in [1.29, 1.82) is 0 Å². The molecule has 0 saturated heterocycles. The zero-order chi connectivity index (χ0) is 19.6. The minimum absolute atomic E-state index is 0.0171. The fourth-order valence-corrected chi connectivity index (χ4v) is 9.47. The van der Waals surface area contributed by atoms with E-state index in [1.54, 1.807) is 0 Å². The van der Waals surface area contributed by atoms with Gasteiger partial charge in [0.1, 0.15) is 11.9 Å². The van der Waals surface area contributed by atoms with Gasteiger partial charge in [0.25, 0.3) is 0 Å². The van der Waals surface area contributed by atoms with E-state index in [1.807, 2.05) is 6.92 Å². The Balaban J connectivity index is 1.62. The van der Waals surface area contributed by atoms with Crippen molar-refractivity contribution in [3.63, 3.8) is 0 Å². The number of fused-ring (bicyclic) bond motifs is 5. The molecule has 0 heterocycles. The van der Waals surface area contributed by atoms with Crippen LogP contribution in [0.25, 0.3) is 0 Å². The van der Waals surface area contributed by atoms with E-state index in [0.29, 0.717) is 34.8 Å². The molecule has 0 spiro atoms. The number of halogens is 2. The molecule has 3 nitrogen and oxygen atoms in total. The Morgan fingerprint density at radius 3 is 2.63 bits per heavy atom. The van der Waals surface area contributed by atoms with Crippen molar-refractivity contribution >= 4 is 43.6 Å². The summed E-state index contributed by atoms with van der Waals surface area (Å²) in [6.07, 6.45) is 8.58. The van der Waals surface area contributed by atoms with Crippen LogP contribution in [0.3, 0.4) is 0 Å². The highest BCUT2D eigenvalue weighted by Gasteiger charge is 2.67. The third-order valence-electron chi connectivity index (χ3n) is 8.99. The van der Waals surface area contributed by atoms with E-state index >= 15 is 0 Å². The number of carbonyl (C=O) groups is 2. The fraction of sp³-hybridized carbons (Fsp3) is 0.909. The SMILES string of the molecule is CCC(=O)O[C@H]1CC[C@]2(C)[C@H]3CC[C@]4(C)C(=O)CC[C@H]4[C@@H]3C[C@@H](Br)[C@@]2(Br)C1. The topological polar surface area (TPSA) is 43.4 Å². The van der Waals surface area contributed by atoms with E-state index in [-0.39, 0.29) is 27.2 Å². The second-order valence-electron chi connectivity index (χ2n) is 9.99. The van der Waals surface area contributed by atoms with Gasteiger partial charge in [0.15, 0.2) is 0 Å². The van der Waals surface area contributed by atoms with E-state index in [2.05, 4.69) is 45.7 Å². The molecule has 4 saturated carbocycles. The van der Waals surface area contributed by atoms with Crippen LogP contribution >= 0.6 is 31.9 Å². The summed E-state index contributed by atoms with van der Waals surface area (Å²) in [7, 11) is 0. The van der Waals surface area contributed by atoms with Gasteiger partial charge in [-0.3, -0.25) is 9.59 Å². The molecule has 8 atom stereocenters. The molecule has 0 aliphatic heterocycles. The summed E-state index contributed by atoms with van der Waals surface area (Å²) in [4.78, 5) is 24.8. The van der Waals surface area contributed by atoms with E-state index in [4.69, 9.17) is 4.74 Å². The summed E-state index contributed by atoms with van der Waals surface area (Å²) in [6.45, 7) is 6.57. The van der Waals surface area contributed by atoms with Crippen LogP contribution in [0, 0.1) is 28.6 Å². The molecule has 0 bridgehead atoms. The molecule has 0 amide bonds. The van der Waals surface area contributed by atoms with Crippen LogP contribution < -0.4 is 0 Å². The Kier molecular flexibility index (Phi) is 5.15. The molecule has 4 aliphatic carbocycles. The van der Waals surface area contributed by atoms with Gasteiger partial charge in [-0.15, -0.1) is 0 Å². The molecule has 4 aliphatic rings. The molecule has 4 rings (SSSR count). The summed E-state index contributed by atoms with van der Waals surface area (Å²) in [5.41, 5.74) is 0.0938. The number of Topliss-reactive ketones (excluding diaryl/α,β-unsaturated/α-hetero) is 1. The summed E-state index contributed by atoms with van der Waals surface area (Å²) in [5.74, 6) is 2.25. The first-order valence-electron chi connectivity index (χ1n) is 10.7. The van der Waals surface area contributed by atoms with Crippen LogP contribution in [-0.4, -0.2) is 27.0 Å². The first-order chi connectivity index (χ1) is 12.7. The zero-order valence-electron chi connectivity index (χ0n) is 16.7. The Labute approximate surface area is 180 Å². The van der Waals surface area contributed by atoms with Gasteiger partial charge < -0.3 is 4.74 Å². The zero-order valence-corrected chi connectivity index (χ0v) is 19.9. The van der Waals surface area contributed by atoms with Crippen LogP contribution in [0.15, 0.2) is 0 Å². The molecule has 0 unspecified atom stereocenters. The van der Waals surface area contributed by atoms with E-state index in [9.17, 15) is 9.59 Å². The minimum atomic E-state index is -0.0857. The maximum absolute atomic E-state index is 12.6. The second kappa shape index (κ2) is 6.82. The lowest BCUT2D eigenvalue weighted by molar-refractivity contribution is -0.157. The summed E-state index contributed by atoms with van der Waals surface area (Å²) >= 11 is 8.25. The Hall–Kier alpha value is 0.1000. The van der Waals surface area contributed by atoms with E-state index in [0.717, 1.165) is 51.4 Å². The highest BCUT2D eigenvalue weighted by Crippen LogP contribution is 2.69. The van der Waals surface area contributed by atoms with Gasteiger partial charge in [0.05, 0.1) is 0 Å². The van der Waals surface area contributed by atoms with Gasteiger partial charge in [-0.25, -0.2) is 0 Å². The van der Waals surface area contributed by atoms with Crippen molar-refractivity contribution < 1.29 is 14.3 Å². The molecule has 4 fully saturated rings. The molecule has 0 aromatic rings. The largest absolute Gasteiger partial charge is 0.462 e. The van der Waals surface area contributed by atoms with Crippen molar-refractivity contribution in [2.75, 3.05) is 0 Å². The van der Waals surface area contributed by atoms with Crippen molar-refractivity contribution in [2.24, 2.45) is 28.6 Å². The van der Waals surface area contributed by atoms with Crippen LogP contribution in [0.4, 0.5) is 0 Å². The molecule has 0 N–H and O–H groups in total. The standard InChI is InChI=1S/C22H32Br2O3/c1-4-19(26)27-13-7-10-21(3)16-8-9-20(2)15(5-6-18(20)25)14(16)11-17(23)22(21,24)12-13/h13-17H,4-12H2,1-3H3/t13-,14-,15-,16-,17+,20-,21+,22-/m0/s1. The van der Waals surface area contributed by atoms with Crippen LogP contribution in [0.5, 0.6) is 0 Å². The number of hydrogen-bond acceptors (Lipinski definition) is 3. The molecular weight excluding hydrogens is 472 g/mol. The summed E-state index contributed by atoms with van der Waals surface area (Å²) in [6, 6.07) is 0. The van der Waals surface area contributed by atoms with Crippen molar-refractivity contribution in [1.82, 2.24) is 0 Å². The maximum Gasteiger partial charge on any atom is 0.305 e. The highest BCUT2D eigenvalue weighted by molar-refractivity contribution is 9.12. The number of ketones is 1. The predicted molar refractivity (Wildman–Crippen MR) is 113 cm³/mol. The van der Waals surface area contributed by atoms with Crippen molar-refractivity contribution in [3.05, 3.63) is 0 Å². The van der Waals surface area contributed by atoms with Gasteiger partial charge in [0.2, 0.25) is 0 Å². The van der Waals surface area contributed by atoms with Crippen LogP contribution in [-0.2, 0) is 14.3 Å². The molecule has 0 aromatic carbocycles. The number of rotatable bonds is 2. The van der Waals surface area contributed by atoms with Gasteiger partial charge >= 0.3 is 5.97 Å². The normalized spacial score (nSPS) is 51.9. The lowest BCUT2D eigenvalue weighted by Crippen LogP contribution is -2.64. The molecule has 0 radical (unpaired) electrons. The summed E-state index contributed by atoms with van der Waals surface area (Å²) < 4.78 is 5.70. The van der Waals surface area contributed by atoms with E-state index < -0.39 is 0 Å². The average Bonchev–Trinajstić information content (AvgIpc) is 2.93. The Morgan fingerprint density at radius 1 is 1.19 bits per heavy atom. The molecular formula is C22H32Br2O3. The third-order valence-corrected chi connectivity index (χ3v) is 12.5. The fourth-order valence-electron chi connectivity index (χ4n) is 7.29. The Morgan fingerprint density at radius 2 is 1.93 bits per heavy atom. The first kappa shape index (κ1) is 20.4. The van der Waals surface area contributed by atoms with Crippen molar-refractivity contribution in [3.8, 4) is 0 Å². The van der Waals surface area contributed by atoms with Crippen molar-refractivity contribution in [2.45, 2.75) is 93.8 Å². The van der Waals surface area contributed by atoms with E-state index in [1.165, 1.54) is 0 Å². The first-order valence-corrected chi connectivity index (χ1v) is 12.4. The number of hydrogen-bond donors (Lipinski definition) is 0. The lowest BCUT2D eigenvalue weighted by atomic mass is 9.45.